The van der Waals surface area contributed by atoms with Gasteiger partial charge in [0.1, 0.15) is 5.60 Å². The van der Waals surface area contributed by atoms with Crippen molar-refractivity contribution < 1.29 is 15.8 Å². The highest BCUT2D eigenvalue weighted by molar-refractivity contribution is 5.75. The van der Waals surface area contributed by atoms with E-state index in [4.69, 9.17) is 4.74 Å². The molecule has 2 aliphatic heterocycles. The van der Waals surface area contributed by atoms with Gasteiger partial charge in [-0.15, -0.1) is 0 Å². The first-order valence-corrected chi connectivity index (χ1v) is 10.9. The Morgan fingerprint density at radius 3 is 2.38 bits per heavy atom. The van der Waals surface area contributed by atoms with Crippen LogP contribution < -0.4 is 5.32 Å². The van der Waals surface area contributed by atoms with E-state index in [1.807, 2.05) is 30.6 Å². The lowest BCUT2D eigenvalue weighted by Crippen LogP contribution is -2.46. The van der Waals surface area contributed by atoms with Crippen molar-refractivity contribution in [3.63, 3.8) is 0 Å². The van der Waals surface area contributed by atoms with Crippen LogP contribution in [0.2, 0.25) is 0 Å². The summed E-state index contributed by atoms with van der Waals surface area (Å²) >= 11 is 0. The van der Waals surface area contributed by atoms with E-state index in [9.17, 15) is 9.59 Å². The molecule has 1 aromatic carbocycles. The predicted octanol–water partition coefficient (Wildman–Crippen LogP) is 4.45. The minimum Gasteiger partial charge on any atom is -0.444 e. The van der Waals surface area contributed by atoms with Gasteiger partial charge in [0.25, 0.3) is 0 Å². The fourth-order valence-electron chi connectivity index (χ4n) is 5.10. The van der Waals surface area contributed by atoms with Crippen molar-refractivity contribution in [2.24, 2.45) is 0 Å². The number of nitrogens with one attached hydrogen (secondary N) is 1. The fourth-order valence-corrected chi connectivity index (χ4v) is 5.10. The zero-order chi connectivity index (χ0) is 20.6. The molecule has 1 aliphatic carbocycles. The lowest BCUT2D eigenvalue weighted by molar-refractivity contribution is 0.0161. The standard InChI is InChI=1S/C23H33N3O3.H2/c1-22(2,3)29-21(28)26-14-10-23(11-15-26)16-19(17-8-4-5-9-18(17)23)24-20(27)25-12-6-7-13-25;/h4-5,8-9,19H,6-7,10-16H2,1-3H3,(H,24,27);1H/t19-;/m0./s1. The number of carbonyl (C=O) groups excluding carboxylic acids is 2. The van der Waals surface area contributed by atoms with Crippen LogP contribution in [0.5, 0.6) is 0 Å². The second-order valence-electron chi connectivity index (χ2n) is 9.74. The number of ether oxygens (including phenoxy) is 1. The molecule has 4 rings (SSSR count). The Balaban J connectivity index is 0.00000256. The highest BCUT2D eigenvalue weighted by Crippen LogP contribution is 2.50. The maximum absolute atomic E-state index is 12.7. The van der Waals surface area contributed by atoms with Crippen LogP contribution in [0.3, 0.4) is 0 Å². The summed E-state index contributed by atoms with van der Waals surface area (Å²) in [6, 6.07) is 8.62. The molecule has 3 aliphatic rings. The first-order chi connectivity index (χ1) is 13.8. The normalized spacial score (nSPS) is 23.2. The van der Waals surface area contributed by atoms with Crippen molar-refractivity contribution in [2.45, 2.75) is 69.9 Å². The molecule has 1 N–H and O–H groups in total. The Labute approximate surface area is 175 Å². The van der Waals surface area contributed by atoms with Gasteiger partial charge < -0.3 is 19.9 Å². The van der Waals surface area contributed by atoms with E-state index in [0.717, 1.165) is 45.2 Å². The Morgan fingerprint density at radius 1 is 1.07 bits per heavy atom. The van der Waals surface area contributed by atoms with Gasteiger partial charge in [0.05, 0.1) is 6.04 Å². The van der Waals surface area contributed by atoms with Gasteiger partial charge in [-0.2, -0.15) is 0 Å². The van der Waals surface area contributed by atoms with Crippen molar-refractivity contribution in [1.82, 2.24) is 15.1 Å². The van der Waals surface area contributed by atoms with Crippen molar-refractivity contribution >= 4 is 12.1 Å². The monoisotopic (exact) mass is 401 g/mol. The van der Waals surface area contributed by atoms with E-state index in [2.05, 4.69) is 29.6 Å². The molecule has 1 spiro atoms. The minimum atomic E-state index is -0.475. The molecule has 1 atom stereocenters. The third-order valence-electron chi connectivity index (χ3n) is 6.57. The summed E-state index contributed by atoms with van der Waals surface area (Å²) in [5.41, 5.74) is 2.14. The number of amides is 3. The largest absolute Gasteiger partial charge is 0.444 e. The van der Waals surface area contributed by atoms with Crippen LogP contribution in [0.1, 0.15) is 71.5 Å². The van der Waals surface area contributed by atoms with E-state index in [0.29, 0.717) is 13.1 Å². The summed E-state index contributed by atoms with van der Waals surface area (Å²) in [7, 11) is 0. The third-order valence-corrected chi connectivity index (χ3v) is 6.57. The quantitative estimate of drug-likeness (QED) is 0.756. The van der Waals surface area contributed by atoms with Gasteiger partial charge in [-0.25, -0.2) is 9.59 Å². The molecule has 0 saturated carbocycles. The van der Waals surface area contributed by atoms with Gasteiger partial charge in [-0.3, -0.25) is 0 Å². The SMILES string of the molecule is CC(C)(C)OC(=O)N1CCC2(CC1)C[C@H](NC(=O)N1CCCC1)c1ccccc12.[HH]. The van der Waals surface area contributed by atoms with Crippen LogP contribution in [0.25, 0.3) is 0 Å². The van der Waals surface area contributed by atoms with Gasteiger partial charge >= 0.3 is 12.1 Å². The van der Waals surface area contributed by atoms with Gasteiger partial charge in [0.15, 0.2) is 0 Å². The molecule has 1 aromatic rings. The number of urea groups is 1. The first kappa shape index (κ1) is 20.0. The molecule has 0 aromatic heterocycles. The van der Waals surface area contributed by atoms with Crippen LogP contribution in [0, 0.1) is 0 Å². The molecular formula is C23H35N3O3. The van der Waals surface area contributed by atoms with Gasteiger partial charge in [0, 0.05) is 33.0 Å². The van der Waals surface area contributed by atoms with Crippen molar-refractivity contribution in [1.29, 1.82) is 0 Å². The topological polar surface area (TPSA) is 61.9 Å². The lowest BCUT2D eigenvalue weighted by atomic mass is 9.73. The number of likely N-dealkylation sites (tertiary alicyclic amines) is 2. The van der Waals surface area contributed by atoms with E-state index in [-0.39, 0.29) is 25.0 Å². The summed E-state index contributed by atoms with van der Waals surface area (Å²) in [4.78, 5) is 28.9. The molecule has 29 heavy (non-hydrogen) atoms. The van der Waals surface area contributed by atoms with Gasteiger partial charge in [-0.1, -0.05) is 24.3 Å². The summed E-state index contributed by atoms with van der Waals surface area (Å²) in [5.74, 6) is 0. The van der Waals surface area contributed by atoms with Crippen LogP contribution in [-0.4, -0.2) is 53.7 Å². The number of piperidine rings is 1. The molecule has 0 radical (unpaired) electrons. The molecule has 160 valence electrons. The van der Waals surface area contributed by atoms with Crippen molar-refractivity contribution in [3.05, 3.63) is 35.4 Å². The third kappa shape index (κ3) is 4.07. The molecule has 2 fully saturated rings. The van der Waals surface area contributed by atoms with Crippen molar-refractivity contribution in [2.75, 3.05) is 26.2 Å². The van der Waals surface area contributed by atoms with E-state index < -0.39 is 5.60 Å². The van der Waals surface area contributed by atoms with E-state index >= 15 is 0 Å². The second-order valence-corrected chi connectivity index (χ2v) is 9.74. The van der Waals surface area contributed by atoms with Gasteiger partial charge in [-0.05, 0) is 64.0 Å². The average Bonchev–Trinajstić information content (AvgIpc) is 3.30. The zero-order valence-corrected chi connectivity index (χ0v) is 17.9. The molecule has 0 bridgehead atoms. The predicted molar refractivity (Wildman–Crippen MR) is 114 cm³/mol. The lowest BCUT2D eigenvalue weighted by Gasteiger charge is -2.40. The van der Waals surface area contributed by atoms with E-state index in [1.165, 1.54) is 11.1 Å². The molecule has 0 unspecified atom stereocenters. The first-order valence-electron chi connectivity index (χ1n) is 10.9. The Kier molecular flexibility index (Phi) is 5.21. The molecule has 3 amide bonds. The number of hydrogen-bond donors (Lipinski definition) is 1. The van der Waals surface area contributed by atoms with Crippen LogP contribution in [-0.2, 0) is 10.2 Å². The number of fused-ring (bicyclic) bond motifs is 2. The number of hydrogen-bond acceptors (Lipinski definition) is 3. The zero-order valence-electron chi connectivity index (χ0n) is 17.9. The Bertz CT molecular complexity index is 778. The summed E-state index contributed by atoms with van der Waals surface area (Å²) in [5, 5.41) is 3.30. The summed E-state index contributed by atoms with van der Waals surface area (Å²) in [6.45, 7) is 8.80. The van der Waals surface area contributed by atoms with Crippen LogP contribution in [0.15, 0.2) is 24.3 Å². The molecule has 6 nitrogen and oxygen atoms in total. The van der Waals surface area contributed by atoms with E-state index in [1.54, 1.807) is 0 Å². The number of carbonyl (C=O) groups is 2. The summed E-state index contributed by atoms with van der Waals surface area (Å²) < 4.78 is 5.55. The number of nitrogens with zero attached hydrogens (tertiary/aromatic N) is 2. The number of rotatable bonds is 1. The average molecular weight is 402 g/mol. The Hall–Kier alpha value is -2.24. The van der Waals surface area contributed by atoms with Crippen LogP contribution in [0.4, 0.5) is 9.59 Å². The minimum absolute atomic E-state index is 0. The maximum Gasteiger partial charge on any atom is 0.410 e. The Morgan fingerprint density at radius 2 is 1.72 bits per heavy atom. The van der Waals surface area contributed by atoms with Crippen LogP contribution >= 0.6 is 0 Å². The molecule has 2 saturated heterocycles. The maximum atomic E-state index is 12.7. The molecular weight excluding hydrogens is 366 g/mol. The second kappa shape index (κ2) is 7.54. The highest BCUT2D eigenvalue weighted by atomic mass is 16.6. The highest BCUT2D eigenvalue weighted by Gasteiger charge is 2.46. The smallest absolute Gasteiger partial charge is 0.410 e. The van der Waals surface area contributed by atoms with Gasteiger partial charge in [0.2, 0.25) is 0 Å². The number of benzene rings is 1. The molecule has 6 heteroatoms. The fraction of sp³-hybridized carbons (Fsp3) is 0.652. The van der Waals surface area contributed by atoms with Crippen molar-refractivity contribution in [3.8, 4) is 0 Å². The molecule has 2 heterocycles. The summed E-state index contributed by atoms with van der Waals surface area (Å²) in [6.07, 6.45) is 4.68.